The molecule has 0 radical (unpaired) electrons. The monoisotopic (exact) mass is 364 g/mol. The maximum Gasteiger partial charge on any atom is 0.175 e. The molecule has 2 aromatic rings. The van der Waals surface area contributed by atoms with Crippen molar-refractivity contribution in [3.63, 3.8) is 0 Å². The largest absolute Gasteiger partial charge is 0.293 e. The molecule has 4 heteroatoms. The van der Waals surface area contributed by atoms with Gasteiger partial charge in [0.05, 0.1) is 16.6 Å². The molecule has 1 atom stereocenters. The number of halogens is 1. The van der Waals surface area contributed by atoms with Crippen LogP contribution in [0.2, 0.25) is 0 Å². The van der Waals surface area contributed by atoms with E-state index in [1.165, 1.54) is 5.56 Å². The molecule has 0 fully saturated rings. The molecule has 0 spiro atoms. The van der Waals surface area contributed by atoms with E-state index in [2.05, 4.69) is 29.8 Å². The number of Topliss-reactive ketones (excluding diaryl/α,β-unsaturated/α-hetero) is 1. The number of hydrogen-bond donors (Lipinski definition) is 0. The highest BCUT2D eigenvalue weighted by Crippen LogP contribution is 2.17. The van der Waals surface area contributed by atoms with Gasteiger partial charge in [-0.05, 0) is 35.7 Å². The van der Waals surface area contributed by atoms with Crippen molar-refractivity contribution < 1.29 is 9.00 Å². The highest BCUT2D eigenvalue weighted by molar-refractivity contribution is 9.10. The summed E-state index contributed by atoms with van der Waals surface area (Å²) in [6, 6.07) is 14.8. The lowest BCUT2D eigenvalue weighted by Crippen LogP contribution is -2.11. The summed E-state index contributed by atoms with van der Waals surface area (Å²) < 4.78 is 13.2. The summed E-state index contributed by atoms with van der Waals surface area (Å²) in [6.07, 6.45) is 0. The summed E-state index contributed by atoms with van der Waals surface area (Å²) in [5.41, 5.74) is 1.79. The lowest BCUT2D eigenvalue weighted by atomic mass is 10.0. The van der Waals surface area contributed by atoms with Gasteiger partial charge in [0.25, 0.3) is 0 Å². The van der Waals surface area contributed by atoms with E-state index in [-0.39, 0.29) is 11.5 Å². The summed E-state index contributed by atoms with van der Waals surface area (Å²) in [6.45, 7) is 4.23. The van der Waals surface area contributed by atoms with Gasteiger partial charge >= 0.3 is 0 Å². The Morgan fingerprint density at radius 3 is 2.14 bits per heavy atom. The number of carbonyl (C=O) groups excluding carboxylic acids is 1. The minimum atomic E-state index is -1.30. The molecule has 0 heterocycles. The van der Waals surface area contributed by atoms with Crippen molar-refractivity contribution in [1.29, 1.82) is 0 Å². The van der Waals surface area contributed by atoms with Crippen LogP contribution < -0.4 is 0 Å². The number of ketones is 1. The SMILES string of the molecule is CC(C)c1ccc(S(=O)CC(=O)c2ccc(Br)cc2)cc1. The van der Waals surface area contributed by atoms with Gasteiger partial charge in [0.15, 0.2) is 5.78 Å². The maximum atomic E-state index is 12.3. The second kappa shape index (κ2) is 7.14. The molecule has 2 aromatic carbocycles. The Morgan fingerprint density at radius 2 is 1.62 bits per heavy atom. The number of benzene rings is 2. The second-order valence-corrected chi connectivity index (χ2v) is 7.51. The highest BCUT2D eigenvalue weighted by Gasteiger charge is 2.12. The second-order valence-electron chi connectivity index (χ2n) is 5.14. The summed E-state index contributed by atoms with van der Waals surface area (Å²) in [5, 5.41) is 0. The van der Waals surface area contributed by atoms with Crippen molar-refractivity contribution in [2.75, 3.05) is 5.75 Å². The normalized spacial score (nSPS) is 12.4. The van der Waals surface area contributed by atoms with Crippen molar-refractivity contribution in [2.45, 2.75) is 24.7 Å². The molecule has 0 saturated heterocycles. The molecule has 110 valence electrons. The molecule has 2 rings (SSSR count). The Bertz CT molecular complexity index is 645. The van der Waals surface area contributed by atoms with Crippen molar-refractivity contribution in [3.05, 3.63) is 64.1 Å². The summed E-state index contributed by atoms with van der Waals surface area (Å²) in [4.78, 5) is 12.8. The predicted molar refractivity (Wildman–Crippen MR) is 90.3 cm³/mol. The van der Waals surface area contributed by atoms with Gasteiger partial charge in [0, 0.05) is 14.9 Å². The van der Waals surface area contributed by atoms with Gasteiger partial charge in [0.1, 0.15) is 0 Å². The van der Waals surface area contributed by atoms with Gasteiger partial charge in [-0.25, -0.2) is 0 Å². The predicted octanol–water partition coefficient (Wildman–Crippen LogP) is 4.56. The lowest BCUT2D eigenvalue weighted by molar-refractivity contribution is 0.102. The molecule has 21 heavy (non-hydrogen) atoms. The zero-order valence-electron chi connectivity index (χ0n) is 12.0. The van der Waals surface area contributed by atoms with Gasteiger partial charge in [-0.15, -0.1) is 0 Å². The smallest absolute Gasteiger partial charge is 0.175 e. The number of rotatable bonds is 5. The molecule has 0 bridgehead atoms. The van der Waals surface area contributed by atoms with E-state index >= 15 is 0 Å². The molecule has 0 aliphatic rings. The lowest BCUT2D eigenvalue weighted by Gasteiger charge is -2.07. The molecular formula is C17H17BrO2S. The van der Waals surface area contributed by atoms with Crippen LogP contribution in [0.5, 0.6) is 0 Å². The highest BCUT2D eigenvalue weighted by atomic mass is 79.9. The van der Waals surface area contributed by atoms with E-state index in [1.807, 2.05) is 36.4 Å². The third-order valence-corrected chi connectivity index (χ3v) is 5.09. The minimum Gasteiger partial charge on any atom is -0.293 e. The molecule has 0 saturated carbocycles. The van der Waals surface area contributed by atoms with Crippen LogP contribution in [0.1, 0.15) is 35.7 Å². The third kappa shape index (κ3) is 4.35. The molecular weight excluding hydrogens is 348 g/mol. The Labute approximate surface area is 136 Å². The molecule has 1 unspecified atom stereocenters. The first kappa shape index (κ1) is 16.1. The molecule has 2 nitrogen and oxygen atoms in total. The van der Waals surface area contributed by atoms with Crippen LogP contribution in [0.4, 0.5) is 0 Å². The number of carbonyl (C=O) groups is 1. The van der Waals surface area contributed by atoms with E-state index < -0.39 is 10.8 Å². The van der Waals surface area contributed by atoms with E-state index in [4.69, 9.17) is 0 Å². The summed E-state index contributed by atoms with van der Waals surface area (Å²) >= 11 is 3.33. The topological polar surface area (TPSA) is 34.1 Å². The van der Waals surface area contributed by atoms with E-state index in [0.29, 0.717) is 16.4 Å². The van der Waals surface area contributed by atoms with Crippen molar-refractivity contribution >= 4 is 32.5 Å². The first-order valence-corrected chi connectivity index (χ1v) is 8.85. The van der Waals surface area contributed by atoms with Crippen LogP contribution in [0.25, 0.3) is 0 Å². The van der Waals surface area contributed by atoms with E-state index in [9.17, 15) is 9.00 Å². The minimum absolute atomic E-state index is 0.0165. The molecule has 0 aromatic heterocycles. The van der Waals surface area contributed by atoms with Crippen molar-refractivity contribution in [2.24, 2.45) is 0 Å². The summed E-state index contributed by atoms with van der Waals surface area (Å²) in [7, 11) is -1.30. The van der Waals surface area contributed by atoms with Gasteiger partial charge in [-0.1, -0.05) is 54.0 Å². The fraction of sp³-hybridized carbons (Fsp3) is 0.235. The van der Waals surface area contributed by atoms with Crippen LogP contribution in [0.15, 0.2) is 57.9 Å². The molecule has 0 aliphatic heterocycles. The van der Waals surface area contributed by atoms with Gasteiger partial charge in [-0.2, -0.15) is 0 Å². The van der Waals surface area contributed by atoms with E-state index in [0.717, 1.165) is 4.47 Å². The molecule has 0 aliphatic carbocycles. The van der Waals surface area contributed by atoms with Crippen LogP contribution in [0, 0.1) is 0 Å². The molecule has 0 amide bonds. The fourth-order valence-electron chi connectivity index (χ4n) is 1.93. The average molecular weight is 365 g/mol. The quantitative estimate of drug-likeness (QED) is 0.728. The van der Waals surface area contributed by atoms with Crippen molar-refractivity contribution in [3.8, 4) is 0 Å². The Morgan fingerprint density at radius 1 is 1.05 bits per heavy atom. The Hall–Kier alpha value is -1.26. The standard InChI is InChI=1S/C17H17BrO2S/c1-12(2)13-5-9-16(10-6-13)21(20)11-17(19)14-3-7-15(18)8-4-14/h3-10,12H,11H2,1-2H3. The van der Waals surface area contributed by atoms with Crippen LogP contribution >= 0.6 is 15.9 Å². The molecule has 0 N–H and O–H groups in total. The Kier molecular flexibility index (Phi) is 5.48. The third-order valence-electron chi connectivity index (χ3n) is 3.24. The Balaban J connectivity index is 2.07. The first-order chi connectivity index (χ1) is 9.97. The fourth-order valence-corrected chi connectivity index (χ4v) is 3.20. The average Bonchev–Trinajstić information content (AvgIpc) is 2.47. The van der Waals surface area contributed by atoms with Crippen LogP contribution in [-0.2, 0) is 10.8 Å². The van der Waals surface area contributed by atoms with Gasteiger partial charge in [-0.3, -0.25) is 9.00 Å². The summed E-state index contributed by atoms with van der Waals surface area (Å²) in [5.74, 6) is 0.355. The zero-order valence-corrected chi connectivity index (χ0v) is 14.4. The van der Waals surface area contributed by atoms with Crippen LogP contribution in [-0.4, -0.2) is 15.7 Å². The first-order valence-electron chi connectivity index (χ1n) is 6.74. The maximum absolute atomic E-state index is 12.3. The zero-order chi connectivity index (χ0) is 15.4. The van der Waals surface area contributed by atoms with Gasteiger partial charge < -0.3 is 0 Å². The van der Waals surface area contributed by atoms with Crippen molar-refractivity contribution in [1.82, 2.24) is 0 Å². The number of hydrogen-bond acceptors (Lipinski definition) is 2. The van der Waals surface area contributed by atoms with Gasteiger partial charge in [0.2, 0.25) is 0 Å². The van der Waals surface area contributed by atoms with E-state index in [1.54, 1.807) is 12.1 Å². The van der Waals surface area contributed by atoms with Crippen LogP contribution in [0.3, 0.4) is 0 Å².